The van der Waals surface area contributed by atoms with Gasteiger partial charge in [-0.3, -0.25) is 9.59 Å². The van der Waals surface area contributed by atoms with Gasteiger partial charge in [-0.1, -0.05) is 0 Å². The van der Waals surface area contributed by atoms with Gasteiger partial charge in [-0.05, 0) is 12.8 Å². The lowest BCUT2D eigenvalue weighted by Gasteiger charge is -2.24. The molecular weight excluding hydrogens is 295 g/mol. The van der Waals surface area contributed by atoms with Crippen molar-refractivity contribution >= 4 is 35.1 Å². The van der Waals surface area contributed by atoms with Crippen molar-refractivity contribution < 1.29 is 23.8 Å². The maximum absolute atomic E-state index is 12.0. The molecule has 0 aromatic carbocycles. The molecule has 0 aliphatic carbocycles. The fourth-order valence-electron chi connectivity index (χ4n) is 2.75. The quantitative estimate of drug-likeness (QED) is 0.547. The fourth-order valence-corrected chi connectivity index (χ4v) is 2.90. The smallest absolute Gasteiger partial charge is 0.312 e. The first-order valence-electron chi connectivity index (χ1n) is 6.29. The molecule has 7 heteroatoms. The summed E-state index contributed by atoms with van der Waals surface area (Å²) in [5, 5.41) is 0. The monoisotopic (exact) mass is 310 g/mol. The number of hydrogen-bond acceptors (Lipinski definition) is 5. The third-order valence-corrected chi connectivity index (χ3v) is 3.77. The zero-order chi connectivity index (χ0) is 13.8. The molecule has 108 valence electrons. The van der Waals surface area contributed by atoms with Crippen LogP contribution in [0.2, 0.25) is 0 Å². The number of hydrogen-bond donors (Lipinski definition) is 0. The summed E-state index contributed by atoms with van der Waals surface area (Å²) >= 11 is 11.0. The lowest BCUT2D eigenvalue weighted by Crippen LogP contribution is -2.40. The van der Waals surface area contributed by atoms with E-state index in [1.165, 1.54) is 0 Å². The van der Waals surface area contributed by atoms with Gasteiger partial charge in [-0.15, -0.1) is 23.2 Å². The van der Waals surface area contributed by atoms with Gasteiger partial charge in [-0.25, -0.2) is 0 Å². The Balaban J connectivity index is 2.02. The largest absolute Gasteiger partial charge is 0.464 e. The van der Waals surface area contributed by atoms with E-state index in [0.717, 1.165) is 12.8 Å². The van der Waals surface area contributed by atoms with E-state index >= 15 is 0 Å². The van der Waals surface area contributed by atoms with Crippen LogP contribution in [-0.4, -0.2) is 49.1 Å². The lowest BCUT2D eigenvalue weighted by molar-refractivity contribution is -0.160. The Morgan fingerprint density at radius 1 is 0.947 bits per heavy atom. The molecule has 0 aromatic heterocycles. The molecule has 0 aromatic rings. The first-order chi connectivity index (χ1) is 9.19. The zero-order valence-corrected chi connectivity index (χ0v) is 11.9. The molecule has 0 spiro atoms. The van der Waals surface area contributed by atoms with Gasteiger partial charge >= 0.3 is 11.9 Å². The number of esters is 2. The fraction of sp³-hybridized carbons (Fsp3) is 0.833. The summed E-state index contributed by atoms with van der Waals surface area (Å²) in [6.45, 7) is 0.273. The Kier molecular flexibility index (Phi) is 5.30. The van der Waals surface area contributed by atoms with Gasteiger partial charge in [-0.2, -0.15) is 0 Å². The molecule has 19 heavy (non-hydrogen) atoms. The van der Waals surface area contributed by atoms with Gasteiger partial charge in [0.15, 0.2) is 0 Å². The predicted molar refractivity (Wildman–Crippen MR) is 68.2 cm³/mol. The van der Waals surface area contributed by atoms with Crippen LogP contribution in [0.15, 0.2) is 0 Å². The third kappa shape index (κ3) is 3.15. The molecule has 0 unspecified atom stereocenters. The summed E-state index contributed by atoms with van der Waals surface area (Å²) in [7, 11) is 0. The van der Waals surface area contributed by atoms with E-state index in [9.17, 15) is 9.59 Å². The average Bonchev–Trinajstić information content (AvgIpc) is 3.02. The van der Waals surface area contributed by atoms with Crippen molar-refractivity contribution in [3.05, 3.63) is 0 Å². The topological polar surface area (TPSA) is 61.8 Å². The maximum Gasteiger partial charge on any atom is 0.312 e. The highest BCUT2D eigenvalue weighted by molar-refractivity contribution is 6.18. The number of carbonyl (C=O) groups excluding carboxylic acids is 2. The van der Waals surface area contributed by atoms with Gasteiger partial charge in [0.05, 0.1) is 35.8 Å². The summed E-state index contributed by atoms with van der Waals surface area (Å²) in [5.41, 5.74) is 0. The van der Waals surface area contributed by atoms with E-state index < -0.39 is 23.8 Å². The van der Waals surface area contributed by atoms with Crippen LogP contribution < -0.4 is 0 Å². The SMILES string of the molecule is O=C(OCCCl)[C@@H]1[C@H](C(=O)OCCCl)[C@H]2CC[C@H]1O2. The molecule has 0 saturated carbocycles. The molecule has 2 aliphatic rings. The number of carbonyl (C=O) groups is 2. The minimum Gasteiger partial charge on any atom is -0.464 e. The van der Waals surface area contributed by atoms with Crippen molar-refractivity contribution in [2.75, 3.05) is 25.0 Å². The Morgan fingerprint density at radius 3 is 1.74 bits per heavy atom. The van der Waals surface area contributed by atoms with Crippen LogP contribution in [0.3, 0.4) is 0 Å². The van der Waals surface area contributed by atoms with Gasteiger partial charge in [0.25, 0.3) is 0 Å². The van der Waals surface area contributed by atoms with Gasteiger partial charge in [0, 0.05) is 0 Å². The second-order valence-corrected chi connectivity index (χ2v) is 5.31. The molecule has 4 atom stereocenters. The second-order valence-electron chi connectivity index (χ2n) is 4.55. The van der Waals surface area contributed by atoms with Crippen LogP contribution in [0.25, 0.3) is 0 Å². The molecule has 2 aliphatic heterocycles. The Bertz CT molecular complexity index is 317. The van der Waals surface area contributed by atoms with E-state index in [1.807, 2.05) is 0 Å². The summed E-state index contributed by atoms with van der Waals surface area (Å²) in [5.74, 6) is -1.56. The standard InChI is InChI=1S/C12H16Cl2O5/c13-3-5-17-11(15)9-7-1-2-8(19-7)10(9)12(16)18-6-4-14/h7-10H,1-6H2/t7-,8-,9-,10+/m1/s1. The summed E-state index contributed by atoms with van der Waals surface area (Å²) in [6, 6.07) is 0. The van der Waals surface area contributed by atoms with Crippen LogP contribution in [0, 0.1) is 11.8 Å². The van der Waals surface area contributed by atoms with Crippen LogP contribution >= 0.6 is 23.2 Å². The summed E-state index contributed by atoms with van der Waals surface area (Å²) in [6.07, 6.45) is 1.04. The average molecular weight is 311 g/mol. The van der Waals surface area contributed by atoms with E-state index in [2.05, 4.69) is 0 Å². The highest BCUT2D eigenvalue weighted by Crippen LogP contribution is 2.44. The maximum atomic E-state index is 12.0. The first-order valence-corrected chi connectivity index (χ1v) is 7.36. The van der Waals surface area contributed by atoms with Crippen LogP contribution in [-0.2, 0) is 23.8 Å². The van der Waals surface area contributed by atoms with Crippen molar-refractivity contribution in [3.8, 4) is 0 Å². The van der Waals surface area contributed by atoms with Gasteiger partial charge in [0.2, 0.25) is 0 Å². The minimum absolute atomic E-state index is 0.137. The molecule has 2 bridgehead atoms. The predicted octanol–water partition coefficient (Wildman–Crippen LogP) is 1.34. The van der Waals surface area contributed by atoms with Gasteiger partial charge < -0.3 is 14.2 Å². The van der Waals surface area contributed by atoms with E-state index in [4.69, 9.17) is 37.4 Å². The molecule has 0 N–H and O–H groups in total. The minimum atomic E-state index is -0.579. The highest BCUT2D eigenvalue weighted by Gasteiger charge is 2.56. The summed E-state index contributed by atoms with van der Waals surface area (Å²) in [4.78, 5) is 24.0. The number of halogens is 2. The number of alkyl halides is 2. The normalized spacial score (nSPS) is 32.3. The molecule has 0 amide bonds. The van der Waals surface area contributed by atoms with Crippen LogP contribution in [0.5, 0.6) is 0 Å². The molecule has 2 fully saturated rings. The highest BCUT2D eigenvalue weighted by atomic mass is 35.5. The Morgan fingerprint density at radius 2 is 1.37 bits per heavy atom. The van der Waals surface area contributed by atoms with E-state index in [1.54, 1.807) is 0 Å². The number of ether oxygens (including phenoxy) is 3. The third-order valence-electron chi connectivity index (χ3n) is 3.46. The van der Waals surface area contributed by atoms with Crippen LogP contribution in [0.1, 0.15) is 12.8 Å². The molecule has 5 nitrogen and oxygen atoms in total. The van der Waals surface area contributed by atoms with E-state index in [-0.39, 0.29) is 37.2 Å². The van der Waals surface area contributed by atoms with Gasteiger partial charge in [0.1, 0.15) is 13.2 Å². The van der Waals surface area contributed by atoms with Crippen molar-refractivity contribution in [1.29, 1.82) is 0 Å². The first kappa shape index (κ1) is 14.9. The number of fused-ring (bicyclic) bond motifs is 2. The molecule has 2 heterocycles. The van der Waals surface area contributed by atoms with Crippen molar-refractivity contribution in [1.82, 2.24) is 0 Å². The molecule has 0 radical (unpaired) electrons. The Labute approximate surface area is 121 Å². The second kappa shape index (κ2) is 6.77. The van der Waals surface area contributed by atoms with Crippen molar-refractivity contribution in [2.45, 2.75) is 25.0 Å². The summed E-state index contributed by atoms with van der Waals surface area (Å²) < 4.78 is 15.7. The molecule has 2 rings (SSSR count). The van der Waals surface area contributed by atoms with Crippen molar-refractivity contribution in [3.63, 3.8) is 0 Å². The Hall–Kier alpha value is -0.520. The number of rotatable bonds is 6. The molecule has 2 saturated heterocycles. The van der Waals surface area contributed by atoms with E-state index in [0.29, 0.717) is 0 Å². The molecular formula is C12H16Cl2O5. The van der Waals surface area contributed by atoms with Crippen molar-refractivity contribution in [2.24, 2.45) is 11.8 Å². The lowest BCUT2D eigenvalue weighted by atomic mass is 9.79. The van der Waals surface area contributed by atoms with Crippen LogP contribution in [0.4, 0.5) is 0 Å². The zero-order valence-electron chi connectivity index (χ0n) is 10.3.